The quantitative estimate of drug-likeness (QED) is 0.602. The van der Waals surface area contributed by atoms with Crippen molar-refractivity contribution in [1.82, 2.24) is 21.5 Å². The lowest BCUT2D eigenvalue weighted by molar-refractivity contribution is -0.120. The van der Waals surface area contributed by atoms with Gasteiger partial charge >= 0.3 is 6.03 Å². The number of rotatable bonds is 5. The summed E-state index contributed by atoms with van der Waals surface area (Å²) in [6.07, 6.45) is 0. The number of benzene rings is 2. The maximum atomic E-state index is 12.8. The van der Waals surface area contributed by atoms with E-state index in [0.29, 0.717) is 5.56 Å². The molecule has 0 saturated heterocycles. The molecule has 0 aliphatic heterocycles. The van der Waals surface area contributed by atoms with E-state index in [0.717, 1.165) is 12.1 Å². The molecule has 0 radical (unpaired) electrons. The van der Waals surface area contributed by atoms with Gasteiger partial charge < -0.3 is 10.6 Å². The second-order valence-corrected chi connectivity index (χ2v) is 5.17. The van der Waals surface area contributed by atoms with Gasteiger partial charge in [-0.2, -0.15) is 0 Å². The third-order valence-corrected chi connectivity index (χ3v) is 3.20. The zero-order chi connectivity index (χ0) is 18.9. The highest BCUT2D eigenvalue weighted by Gasteiger charge is 2.08. The van der Waals surface area contributed by atoms with Crippen molar-refractivity contribution in [2.24, 2.45) is 0 Å². The van der Waals surface area contributed by atoms with Gasteiger partial charge in [-0.15, -0.1) is 0 Å². The summed E-state index contributed by atoms with van der Waals surface area (Å²) in [4.78, 5) is 34.9. The fraction of sp³-hybridized carbons (Fsp3) is 0.118. The van der Waals surface area contributed by atoms with Crippen molar-refractivity contribution in [2.45, 2.75) is 6.54 Å². The normalized spacial score (nSPS) is 9.92. The second-order valence-electron chi connectivity index (χ2n) is 5.17. The molecule has 2 aromatic rings. The van der Waals surface area contributed by atoms with Crippen LogP contribution in [0.15, 0.2) is 48.5 Å². The molecule has 136 valence electrons. The number of nitrogens with one attached hydrogen (secondary N) is 4. The van der Waals surface area contributed by atoms with E-state index >= 15 is 0 Å². The van der Waals surface area contributed by atoms with Crippen molar-refractivity contribution in [3.63, 3.8) is 0 Å². The first kappa shape index (κ1) is 18.8. The van der Waals surface area contributed by atoms with Crippen LogP contribution in [-0.2, 0) is 11.3 Å². The first-order valence-corrected chi connectivity index (χ1v) is 7.55. The van der Waals surface area contributed by atoms with Crippen molar-refractivity contribution in [1.29, 1.82) is 0 Å². The van der Waals surface area contributed by atoms with Gasteiger partial charge in [-0.05, 0) is 42.0 Å². The molecule has 0 heterocycles. The number of carbonyl (C=O) groups excluding carboxylic acids is 3. The Morgan fingerprint density at radius 1 is 0.769 bits per heavy atom. The summed E-state index contributed by atoms with van der Waals surface area (Å²) < 4.78 is 25.5. The Morgan fingerprint density at radius 3 is 1.96 bits per heavy atom. The number of hydrogen-bond donors (Lipinski definition) is 4. The van der Waals surface area contributed by atoms with E-state index in [1.54, 1.807) is 0 Å². The lowest BCUT2D eigenvalue weighted by atomic mass is 10.2. The minimum atomic E-state index is -0.655. The van der Waals surface area contributed by atoms with Crippen LogP contribution in [0.25, 0.3) is 0 Å². The van der Waals surface area contributed by atoms with Gasteiger partial charge in [0.1, 0.15) is 18.2 Å². The minimum Gasteiger partial charge on any atom is -0.334 e. The predicted octanol–water partition coefficient (Wildman–Crippen LogP) is 1.23. The van der Waals surface area contributed by atoms with Crippen LogP contribution in [0.4, 0.5) is 13.6 Å². The van der Waals surface area contributed by atoms with Crippen molar-refractivity contribution in [2.75, 3.05) is 6.54 Å². The van der Waals surface area contributed by atoms with Crippen LogP contribution in [0, 0.1) is 11.6 Å². The highest BCUT2D eigenvalue weighted by molar-refractivity contribution is 5.95. The zero-order valence-corrected chi connectivity index (χ0v) is 13.5. The summed E-state index contributed by atoms with van der Waals surface area (Å²) in [6.45, 7) is -0.214. The van der Waals surface area contributed by atoms with E-state index in [1.807, 2.05) is 0 Å². The topological polar surface area (TPSA) is 99.3 Å². The summed E-state index contributed by atoms with van der Waals surface area (Å²) in [6, 6.07) is 9.73. The van der Waals surface area contributed by atoms with Gasteiger partial charge in [-0.1, -0.05) is 12.1 Å². The molecule has 0 fully saturated rings. The zero-order valence-electron chi connectivity index (χ0n) is 13.5. The fourth-order valence-electron chi connectivity index (χ4n) is 1.85. The number of hydrazine groups is 1. The molecule has 0 unspecified atom stereocenters. The molecule has 9 heteroatoms. The van der Waals surface area contributed by atoms with Crippen LogP contribution in [0.5, 0.6) is 0 Å². The Morgan fingerprint density at radius 2 is 1.35 bits per heavy atom. The number of halogens is 2. The van der Waals surface area contributed by atoms with E-state index in [1.165, 1.54) is 36.4 Å². The van der Waals surface area contributed by atoms with Crippen molar-refractivity contribution >= 4 is 17.8 Å². The molecule has 0 bridgehead atoms. The third kappa shape index (κ3) is 6.19. The molecule has 0 aromatic heterocycles. The van der Waals surface area contributed by atoms with E-state index in [4.69, 9.17) is 0 Å². The lowest BCUT2D eigenvalue weighted by Crippen LogP contribution is -2.47. The molecule has 0 spiro atoms. The fourth-order valence-corrected chi connectivity index (χ4v) is 1.85. The largest absolute Gasteiger partial charge is 0.334 e. The number of carbonyl (C=O) groups is 3. The van der Waals surface area contributed by atoms with Gasteiger partial charge in [-0.25, -0.2) is 13.6 Å². The summed E-state index contributed by atoms with van der Waals surface area (Å²) in [7, 11) is 0. The molecular weight excluding hydrogens is 346 g/mol. The van der Waals surface area contributed by atoms with Gasteiger partial charge in [0.25, 0.3) is 11.8 Å². The summed E-state index contributed by atoms with van der Waals surface area (Å²) >= 11 is 0. The molecule has 26 heavy (non-hydrogen) atoms. The first-order chi connectivity index (χ1) is 12.4. The van der Waals surface area contributed by atoms with E-state index in [-0.39, 0.29) is 24.5 Å². The Labute approximate surface area is 147 Å². The molecule has 4 amide bonds. The predicted molar refractivity (Wildman–Crippen MR) is 88.6 cm³/mol. The maximum absolute atomic E-state index is 12.8. The van der Waals surface area contributed by atoms with Crippen LogP contribution in [0.3, 0.4) is 0 Å². The average Bonchev–Trinajstić information content (AvgIpc) is 2.64. The Bertz CT molecular complexity index is 780. The number of hydrogen-bond acceptors (Lipinski definition) is 3. The van der Waals surface area contributed by atoms with Gasteiger partial charge in [0, 0.05) is 12.1 Å². The Hall–Kier alpha value is -3.49. The smallest absolute Gasteiger partial charge is 0.315 e. The van der Waals surface area contributed by atoms with Crippen LogP contribution in [0.1, 0.15) is 15.9 Å². The molecule has 4 N–H and O–H groups in total. The Balaban J connectivity index is 1.66. The summed E-state index contributed by atoms with van der Waals surface area (Å²) in [5.74, 6) is -2.14. The molecule has 2 aromatic carbocycles. The van der Waals surface area contributed by atoms with Gasteiger partial charge in [0.15, 0.2) is 0 Å². The Kier molecular flexibility index (Phi) is 6.60. The third-order valence-electron chi connectivity index (χ3n) is 3.20. The molecular formula is C17H16F2N4O3. The molecule has 0 aliphatic carbocycles. The van der Waals surface area contributed by atoms with Crippen molar-refractivity contribution in [3.05, 3.63) is 71.3 Å². The van der Waals surface area contributed by atoms with E-state index < -0.39 is 23.7 Å². The van der Waals surface area contributed by atoms with Crippen molar-refractivity contribution < 1.29 is 23.2 Å². The lowest BCUT2D eigenvalue weighted by Gasteiger charge is -2.09. The standard InChI is InChI=1S/C17H16F2N4O3/c18-13-5-1-11(2-6-13)9-20-17(26)21-10-15(24)22-23-16(25)12-3-7-14(19)8-4-12/h1-8H,9-10H2,(H,22,24)(H,23,25)(H2,20,21,26). The van der Waals surface area contributed by atoms with E-state index in [2.05, 4.69) is 21.5 Å². The molecule has 2 rings (SSSR count). The highest BCUT2D eigenvalue weighted by atomic mass is 19.1. The molecule has 0 saturated carbocycles. The van der Waals surface area contributed by atoms with Gasteiger partial charge in [-0.3, -0.25) is 20.4 Å². The monoisotopic (exact) mass is 362 g/mol. The van der Waals surface area contributed by atoms with E-state index in [9.17, 15) is 23.2 Å². The molecule has 0 aliphatic rings. The van der Waals surface area contributed by atoms with Gasteiger partial charge in [0.2, 0.25) is 0 Å². The van der Waals surface area contributed by atoms with Crippen LogP contribution < -0.4 is 21.5 Å². The average molecular weight is 362 g/mol. The first-order valence-electron chi connectivity index (χ1n) is 7.55. The second kappa shape index (κ2) is 9.11. The van der Waals surface area contributed by atoms with Crippen LogP contribution in [0.2, 0.25) is 0 Å². The summed E-state index contributed by atoms with van der Waals surface area (Å²) in [5, 5.41) is 4.79. The highest BCUT2D eigenvalue weighted by Crippen LogP contribution is 2.02. The number of amides is 4. The minimum absolute atomic E-state index is 0.162. The molecule has 7 nitrogen and oxygen atoms in total. The van der Waals surface area contributed by atoms with Crippen LogP contribution >= 0.6 is 0 Å². The molecule has 0 atom stereocenters. The number of urea groups is 1. The van der Waals surface area contributed by atoms with Crippen molar-refractivity contribution in [3.8, 4) is 0 Å². The summed E-state index contributed by atoms with van der Waals surface area (Å²) in [5.41, 5.74) is 5.11. The maximum Gasteiger partial charge on any atom is 0.315 e. The SMILES string of the molecule is O=C(CNC(=O)NCc1ccc(F)cc1)NNC(=O)c1ccc(F)cc1. The van der Waals surface area contributed by atoms with Crippen LogP contribution in [-0.4, -0.2) is 24.4 Å². The van der Waals surface area contributed by atoms with Gasteiger partial charge in [0.05, 0.1) is 0 Å².